The summed E-state index contributed by atoms with van der Waals surface area (Å²) in [5.74, 6) is 7.04. The van der Waals surface area contributed by atoms with E-state index in [1.165, 1.54) is 6.33 Å². The highest BCUT2D eigenvalue weighted by Gasteiger charge is 2.17. The Morgan fingerprint density at radius 3 is 2.63 bits per heavy atom. The minimum absolute atomic E-state index is 0.452. The summed E-state index contributed by atoms with van der Waals surface area (Å²) in [6.07, 6.45) is 1.45. The molecule has 0 aliphatic rings. The van der Waals surface area contributed by atoms with Gasteiger partial charge in [-0.2, -0.15) is 0 Å². The van der Waals surface area contributed by atoms with Crippen LogP contribution >= 0.6 is 0 Å². The molecule has 2 rings (SSSR count). The van der Waals surface area contributed by atoms with Gasteiger partial charge in [0.05, 0.1) is 7.11 Å². The van der Waals surface area contributed by atoms with Gasteiger partial charge in [-0.15, -0.1) is 0 Å². The van der Waals surface area contributed by atoms with Crippen molar-refractivity contribution >= 4 is 17.3 Å². The molecule has 1 aromatic carbocycles. The fourth-order valence-corrected chi connectivity index (χ4v) is 1.95. The van der Waals surface area contributed by atoms with Crippen molar-refractivity contribution in [3.05, 3.63) is 36.2 Å². The fourth-order valence-electron chi connectivity index (χ4n) is 1.95. The largest absolute Gasteiger partial charge is 0.490 e. The van der Waals surface area contributed by atoms with Crippen LogP contribution in [-0.2, 0) is 0 Å². The molecule has 3 N–H and O–H groups in total. The monoisotopic (exact) mass is 259 g/mol. The number of anilines is 3. The van der Waals surface area contributed by atoms with Crippen LogP contribution in [0.2, 0.25) is 0 Å². The molecule has 0 aliphatic carbocycles. The van der Waals surface area contributed by atoms with Gasteiger partial charge >= 0.3 is 0 Å². The number of nitrogen functional groups attached to an aromatic ring is 1. The molecule has 2 aromatic rings. The number of hydrogen-bond donors (Lipinski definition) is 2. The highest BCUT2D eigenvalue weighted by molar-refractivity contribution is 5.72. The standard InChI is InChI=1S/C13H17N5O/c1-9-6-4-5-7-10(9)18(2)13-11(19-3)12(17-14)15-8-16-13/h4-8H,14H2,1-3H3,(H,15,16,17). The Kier molecular flexibility index (Phi) is 3.82. The Labute approximate surface area is 112 Å². The van der Waals surface area contributed by atoms with E-state index in [2.05, 4.69) is 15.4 Å². The maximum atomic E-state index is 5.43. The third kappa shape index (κ3) is 2.43. The summed E-state index contributed by atoms with van der Waals surface area (Å²) < 4.78 is 5.34. The zero-order chi connectivity index (χ0) is 13.8. The molecule has 6 nitrogen and oxygen atoms in total. The molecule has 100 valence electrons. The lowest BCUT2D eigenvalue weighted by Gasteiger charge is -2.22. The molecule has 0 saturated carbocycles. The van der Waals surface area contributed by atoms with Gasteiger partial charge in [-0.05, 0) is 18.6 Å². The Hall–Kier alpha value is -2.34. The Morgan fingerprint density at radius 2 is 2.00 bits per heavy atom. The highest BCUT2D eigenvalue weighted by Crippen LogP contribution is 2.35. The molecule has 0 amide bonds. The van der Waals surface area contributed by atoms with E-state index in [1.54, 1.807) is 7.11 Å². The second-order valence-electron chi connectivity index (χ2n) is 4.07. The first-order valence-electron chi connectivity index (χ1n) is 5.84. The average Bonchev–Trinajstić information content (AvgIpc) is 2.46. The summed E-state index contributed by atoms with van der Waals surface area (Å²) in [5, 5.41) is 0. The van der Waals surface area contributed by atoms with Crippen LogP contribution in [0.1, 0.15) is 5.56 Å². The Bertz CT molecular complexity index is 573. The molecule has 0 unspecified atom stereocenters. The number of nitrogens with two attached hydrogens (primary N) is 1. The number of nitrogens with zero attached hydrogens (tertiary/aromatic N) is 3. The van der Waals surface area contributed by atoms with Crippen molar-refractivity contribution in [3.8, 4) is 5.75 Å². The van der Waals surface area contributed by atoms with Crippen LogP contribution < -0.4 is 20.9 Å². The zero-order valence-corrected chi connectivity index (χ0v) is 11.2. The number of para-hydroxylation sites is 1. The van der Waals surface area contributed by atoms with Gasteiger partial charge in [-0.1, -0.05) is 18.2 Å². The summed E-state index contributed by atoms with van der Waals surface area (Å²) in [5.41, 5.74) is 4.70. The maximum Gasteiger partial charge on any atom is 0.206 e. The molecular weight excluding hydrogens is 242 g/mol. The van der Waals surface area contributed by atoms with Gasteiger partial charge in [0, 0.05) is 12.7 Å². The van der Waals surface area contributed by atoms with Gasteiger partial charge in [0.2, 0.25) is 5.75 Å². The summed E-state index contributed by atoms with van der Waals surface area (Å²) in [4.78, 5) is 10.2. The van der Waals surface area contributed by atoms with E-state index in [0.717, 1.165) is 11.3 Å². The molecule has 0 aliphatic heterocycles. The first-order chi connectivity index (χ1) is 9.19. The zero-order valence-electron chi connectivity index (χ0n) is 11.2. The number of rotatable bonds is 4. The van der Waals surface area contributed by atoms with Crippen LogP contribution in [0.5, 0.6) is 5.75 Å². The minimum atomic E-state index is 0.452. The van der Waals surface area contributed by atoms with E-state index >= 15 is 0 Å². The van der Waals surface area contributed by atoms with Gasteiger partial charge in [-0.25, -0.2) is 15.8 Å². The smallest absolute Gasteiger partial charge is 0.206 e. The number of hydrogen-bond acceptors (Lipinski definition) is 6. The number of benzene rings is 1. The highest BCUT2D eigenvalue weighted by atomic mass is 16.5. The van der Waals surface area contributed by atoms with Crippen LogP contribution in [0.25, 0.3) is 0 Å². The molecule has 0 spiro atoms. The topological polar surface area (TPSA) is 76.3 Å². The molecule has 0 atom stereocenters. The van der Waals surface area contributed by atoms with Crippen LogP contribution in [0, 0.1) is 6.92 Å². The lowest BCUT2D eigenvalue weighted by molar-refractivity contribution is 0.414. The number of aryl methyl sites for hydroxylation is 1. The van der Waals surface area contributed by atoms with Crippen molar-refractivity contribution in [2.75, 3.05) is 24.5 Å². The first-order valence-corrected chi connectivity index (χ1v) is 5.84. The van der Waals surface area contributed by atoms with Crippen LogP contribution in [0.4, 0.5) is 17.3 Å². The summed E-state index contributed by atoms with van der Waals surface area (Å²) in [6.45, 7) is 2.04. The molecule has 1 aromatic heterocycles. The maximum absolute atomic E-state index is 5.43. The fraction of sp³-hybridized carbons (Fsp3) is 0.231. The van der Waals surface area contributed by atoms with E-state index in [9.17, 15) is 0 Å². The van der Waals surface area contributed by atoms with Crippen molar-refractivity contribution in [2.24, 2.45) is 5.84 Å². The van der Waals surface area contributed by atoms with E-state index < -0.39 is 0 Å². The second kappa shape index (κ2) is 5.53. The lowest BCUT2D eigenvalue weighted by Crippen LogP contribution is -2.17. The second-order valence-corrected chi connectivity index (χ2v) is 4.07. The van der Waals surface area contributed by atoms with Crippen molar-refractivity contribution in [3.63, 3.8) is 0 Å². The predicted octanol–water partition coefficient (Wildman–Crippen LogP) is 1.85. The quantitative estimate of drug-likeness (QED) is 0.644. The number of nitrogens with one attached hydrogen (secondary N) is 1. The van der Waals surface area contributed by atoms with Gasteiger partial charge in [0.15, 0.2) is 11.6 Å². The molecule has 0 fully saturated rings. The molecule has 6 heteroatoms. The molecule has 0 saturated heterocycles. The van der Waals surface area contributed by atoms with Gasteiger partial charge in [-0.3, -0.25) is 0 Å². The third-order valence-electron chi connectivity index (χ3n) is 2.92. The normalized spacial score (nSPS) is 10.1. The van der Waals surface area contributed by atoms with E-state index in [0.29, 0.717) is 17.4 Å². The molecule has 1 heterocycles. The number of aromatic nitrogens is 2. The SMILES string of the molecule is COc1c(NN)ncnc1N(C)c1ccccc1C. The van der Waals surface area contributed by atoms with E-state index in [-0.39, 0.29) is 0 Å². The lowest BCUT2D eigenvalue weighted by atomic mass is 10.2. The molecule has 0 bridgehead atoms. The third-order valence-corrected chi connectivity index (χ3v) is 2.92. The van der Waals surface area contributed by atoms with Crippen molar-refractivity contribution < 1.29 is 4.74 Å². The van der Waals surface area contributed by atoms with Gasteiger partial charge < -0.3 is 15.1 Å². The Morgan fingerprint density at radius 1 is 1.26 bits per heavy atom. The molecule has 0 radical (unpaired) electrons. The van der Waals surface area contributed by atoms with E-state index in [4.69, 9.17) is 10.6 Å². The number of methoxy groups -OCH3 is 1. The van der Waals surface area contributed by atoms with Crippen LogP contribution in [0.3, 0.4) is 0 Å². The van der Waals surface area contributed by atoms with Crippen LogP contribution in [-0.4, -0.2) is 24.1 Å². The minimum Gasteiger partial charge on any atom is -0.490 e. The van der Waals surface area contributed by atoms with Crippen molar-refractivity contribution in [1.82, 2.24) is 9.97 Å². The summed E-state index contributed by atoms with van der Waals surface area (Å²) in [7, 11) is 3.49. The van der Waals surface area contributed by atoms with Gasteiger partial charge in [0.25, 0.3) is 0 Å². The summed E-state index contributed by atoms with van der Waals surface area (Å²) in [6, 6.07) is 8.04. The van der Waals surface area contributed by atoms with Gasteiger partial charge in [0.1, 0.15) is 6.33 Å². The van der Waals surface area contributed by atoms with E-state index in [1.807, 2.05) is 43.1 Å². The van der Waals surface area contributed by atoms with Crippen LogP contribution in [0.15, 0.2) is 30.6 Å². The summed E-state index contributed by atoms with van der Waals surface area (Å²) >= 11 is 0. The first kappa shape index (κ1) is 13.1. The number of hydrazine groups is 1. The van der Waals surface area contributed by atoms with Crippen molar-refractivity contribution in [2.45, 2.75) is 6.92 Å². The average molecular weight is 259 g/mol. The molecule has 19 heavy (non-hydrogen) atoms. The Balaban J connectivity index is 2.50. The number of ether oxygens (including phenoxy) is 1. The van der Waals surface area contributed by atoms with Crippen molar-refractivity contribution in [1.29, 1.82) is 0 Å². The predicted molar refractivity (Wildman–Crippen MR) is 75.6 cm³/mol. The molecular formula is C13H17N5O.